The van der Waals surface area contributed by atoms with Gasteiger partial charge in [0.05, 0.1) is 0 Å². The number of para-hydroxylation sites is 1. The van der Waals surface area contributed by atoms with E-state index in [-0.39, 0.29) is 31.4 Å². The fourth-order valence-electron chi connectivity index (χ4n) is 3.76. The van der Waals surface area contributed by atoms with E-state index in [1.807, 2.05) is 29.1 Å². The first-order valence-corrected chi connectivity index (χ1v) is 9.73. The predicted molar refractivity (Wildman–Crippen MR) is 121 cm³/mol. The van der Waals surface area contributed by atoms with Gasteiger partial charge in [-0.25, -0.2) is 14.6 Å². The number of aromatic nitrogens is 6. The molecule has 0 bridgehead atoms. The smallest absolute Gasteiger partial charge is 0.183 e. The van der Waals surface area contributed by atoms with Crippen molar-refractivity contribution < 1.29 is 5.11 Å². The van der Waals surface area contributed by atoms with Crippen LogP contribution in [0.1, 0.15) is 12.2 Å². The van der Waals surface area contributed by atoms with Gasteiger partial charge in [0.15, 0.2) is 11.6 Å². The van der Waals surface area contributed by atoms with E-state index < -0.39 is 0 Å². The zero-order valence-electron chi connectivity index (χ0n) is 16.4. The molecule has 1 aliphatic rings. The molecular weight excluding hydrogens is 425 g/mol. The summed E-state index contributed by atoms with van der Waals surface area (Å²) in [5.41, 5.74) is 2.88. The van der Waals surface area contributed by atoms with E-state index in [9.17, 15) is 5.11 Å². The Labute approximate surface area is 186 Å². The van der Waals surface area contributed by atoms with Crippen molar-refractivity contribution in [3.05, 3.63) is 42.5 Å². The Bertz CT molecular complexity index is 1090. The van der Waals surface area contributed by atoms with Crippen LogP contribution in [-0.4, -0.2) is 54.1 Å². The molecule has 0 radical (unpaired) electrons. The summed E-state index contributed by atoms with van der Waals surface area (Å²) in [6.45, 7) is 3.51. The molecule has 0 amide bonds. The van der Waals surface area contributed by atoms with Crippen LogP contribution in [-0.2, 0) is 19.5 Å². The molecule has 0 saturated carbocycles. The third-order valence-corrected chi connectivity index (χ3v) is 5.17. The minimum atomic E-state index is 0. The third kappa shape index (κ3) is 4.09. The minimum Gasteiger partial charge on any atom is -0.396 e. The zero-order chi connectivity index (χ0) is 18.9. The molecule has 1 aliphatic heterocycles. The SMILES string of the molecule is Cl.Cl.OCCCn1nc(-c2c[nH]c3ccccc23)nc1-c1cn2c(n1)CCNCC2. The van der Waals surface area contributed by atoms with Gasteiger partial charge in [-0.1, -0.05) is 18.2 Å². The Morgan fingerprint density at radius 1 is 1.10 bits per heavy atom. The van der Waals surface area contributed by atoms with Crippen LogP contribution in [0.3, 0.4) is 0 Å². The van der Waals surface area contributed by atoms with Gasteiger partial charge in [-0.15, -0.1) is 24.8 Å². The van der Waals surface area contributed by atoms with Crippen molar-refractivity contribution in [2.45, 2.75) is 25.9 Å². The fourth-order valence-corrected chi connectivity index (χ4v) is 3.76. The maximum atomic E-state index is 9.29. The van der Waals surface area contributed by atoms with Crippen molar-refractivity contribution in [2.24, 2.45) is 0 Å². The Morgan fingerprint density at radius 3 is 2.83 bits per heavy atom. The number of nitrogens with one attached hydrogen (secondary N) is 2. The normalized spacial score (nSPS) is 13.4. The first-order chi connectivity index (χ1) is 13.8. The number of aryl methyl sites for hydroxylation is 1. The maximum absolute atomic E-state index is 9.29. The Hall–Kier alpha value is -2.39. The summed E-state index contributed by atoms with van der Waals surface area (Å²) < 4.78 is 4.07. The summed E-state index contributed by atoms with van der Waals surface area (Å²) in [6, 6.07) is 8.14. The number of nitrogens with zero attached hydrogens (tertiary/aromatic N) is 5. The Kier molecular flexibility index (Phi) is 7.14. The highest BCUT2D eigenvalue weighted by Gasteiger charge is 2.20. The number of halogens is 2. The molecule has 3 aromatic heterocycles. The second-order valence-electron chi connectivity index (χ2n) is 7.04. The quantitative estimate of drug-likeness (QED) is 0.435. The van der Waals surface area contributed by atoms with Crippen LogP contribution < -0.4 is 5.32 Å². The predicted octanol–water partition coefficient (Wildman–Crippen LogP) is 2.66. The summed E-state index contributed by atoms with van der Waals surface area (Å²) in [5.74, 6) is 2.50. The maximum Gasteiger partial charge on any atom is 0.183 e. The lowest BCUT2D eigenvalue weighted by Crippen LogP contribution is -2.17. The minimum absolute atomic E-state index is 0. The molecule has 4 heterocycles. The summed E-state index contributed by atoms with van der Waals surface area (Å²) in [4.78, 5) is 13.0. The molecule has 0 saturated heterocycles. The molecule has 3 N–H and O–H groups in total. The first kappa shape index (κ1) is 22.3. The fraction of sp³-hybridized carbons (Fsp3) is 0.350. The molecule has 1 aromatic carbocycles. The van der Waals surface area contributed by atoms with E-state index >= 15 is 0 Å². The zero-order valence-corrected chi connectivity index (χ0v) is 18.0. The second-order valence-corrected chi connectivity index (χ2v) is 7.04. The van der Waals surface area contributed by atoms with Crippen molar-refractivity contribution in [1.29, 1.82) is 0 Å². The van der Waals surface area contributed by atoms with E-state index in [1.54, 1.807) is 0 Å². The van der Waals surface area contributed by atoms with Crippen molar-refractivity contribution >= 4 is 35.7 Å². The van der Waals surface area contributed by atoms with E-state index in [0.717, 1.165) is 59.9 Å². The van der Waals surface area contributed by atoms with Gasteiger partial charge in [-0.05, 0) is 12.5 Å². The molecule has 0 aliphatic carbocycles. The molecule has 160 valence electrons. The van der Waals surface area contributed by atoms with Gasteiger partial charge in [-0.2, -0.15) is 5.10 Å². The summed E-state index contributed by atoms with van der Waals surface area (Å²) >= 11 is 0. The highest BCUT2D eigenvalue weighted by Crippen LogP contribution is 2.28. The number of fused-ring (bicyclic) bond motifs is 2. The number of benzene rings is 1. The molecule has 0 fully saturated rings. The Balaban J connectivity index is 0.00000128. The van der Waals surface area contributed by atoms with E-state index in [4.69, 9.17) is 15.1 Å². The average Bonchev–Trinajstić information content (AvgIpc) is 3.39. The van der Waals surface area contributed by atoms with Gasteiger partial charge < -0.3 is 20.0 Å². The summed E-state index contributed by atoms with van der Waals surface area (Å²) in [5, 5.41) is 18.5. The monoisotopic (exact) mass is 449 g/mol. The van der Waals surface area contributed by atoms with Crippen LogP contribution >= 0.6 is 24.8 Å². The lowest BCUT2D eigenvalue weighted by atomic mass is 10.2. The van der Waals surface area contributed by atoms with Gasteiger partial charge >= 0.3 is 0 Å². The molecule has 30 heavy (non-hydrogen) atoms. The van der Waals surface area contributed by atoms with Gasteiger partial charge in [0.1, 0.15) is 11.5 Å². The lowest BCUT2D eigenvalue weighted by Gasteiger charge is -2.02. The average molecular weight is 450 g/mol. The van der Waals surface area contributed by atoms with Crippen LogP contribution in [0.2, 0.25) is 0 Å². The van der Waals surface area contributed by atoms with Crippen LogP contribution in [0, 0.1) is 0 Å². The first-order valence-electron chi connectivity index (χ1n) is 9.73. The molecule has 5 rings (SSSR count). The van der Waals surface area contributed by atoms with Gasteiger partial charge in [0, 0.05) is 68.1 Å². The largest absolute Gasteiger partial charge is 0.396 e. The van der Waals surface area contributed by atoms with Crippen LogP contribution in [0.25, 0.3) is 33.8 Å². The summed E-state index contributed by atoms with van der Waals surface area (Å²) in [6.07, 6.45) is 5.55. The summed E-state index contributed by atoms with van der Waals surface area (Å²) in [7, 11) is 0. The number of aliphatic hydroxyl groups excluding tert-OH is 1. The number of rotatable bonds is 5. The van der Waals surface area contributed by atoms with E-state index in [1.165, 1.54) is 0 Å². The molecular formula is C20H25Cl2N7O. The highest BCUT2D eigenvalue weighted by molar-refractivity contribution is 5.93. The van der Waals surface area contributed by atoms with Gasteiger partial charge in [-0.3, -0.25) is 0 Å². The molecule has 0 atom stereocenters. The number of hydrogen-bond acceptors (Lipinski definition) is 5. The van der Waals surface area contributed by atoms with Crippen LogP contribution in [0.5, 0.6) is 0 Å². The van der Waals surface area contributed by atoms with Crippen molar-refractivity contribution in [2.75, 3.05) is 19.7 Å². The molecule has 4 aromatic rings. The number of hydrogen-bond donors (Lipinski definition) is 3. The number of imidazole rings is 1. The third-order valence-electron chi connectivity index (χ3n) is 5.17. The molecule has 0 spiro atoms. The molecule has 0 unspecified atom stereocenters. The topological polar surface area (TPSA) is 96.6 Å². The second kappa shape index (κ2) is 9.61. The number of aliphatic hydroxyl groups is 1. The van der Waals surface area contributed by atoms with Crippen molar-refractivity contribution in [3.63, 3.8) is 0 Å². The van der Waals surface area contributed by atoms with Crippen molar-refractivity contribution in [1.82, 2.24) is 34.6 Å². The van der Waals surface area contributed by atoms with Gasteiger partial charge in [0.2, 0.25) is 0 Å². The van der Waals surface area contributed by atoms with E-state index in [0.29, 0.717) is 18.8 Å². The Morgan fingerprint density at radius 2 is 1.97 bits per heavy atom. The van der Waals surface area contributed by atoms with Crippen molar-refractivity contribution in [3.8, 4) is 22.9 Å². The highest BCUT2D eigenvalue weighted by atomic mass is 35.5. The van der Waals surface area contributed by atoms with Crippen LogP contribution in [0.15, 0.2) is 36.7 Å². The van der Waals surface area contributed by atoms with E-state index in [2.05, 4.69) is 27.1 Å². The molecule has 10 heteroatoms. The van der Waals surface area contributed by atoms with Crippen LogP contribution in [0.4, 0.5) is 0 Å². The number of H-pyrrole nitrogens is 1. The lowest BCUT2D eigenvalue weighted by molar-refractivity contribution is 0.277. The number of aromatic amines is 1. The standard InChI is InChI=1S/C20H23N7O.2ClH/c28-11-3-9-27-20(17-13-26-10-8-21-7-6-18(26)23-17)24-19(25-27)15-12-22-16-5-2-1-4-14(15)16;;/h1-2,4-5,12-13,21-22,28H,3,6-11H2;2*1H. The van der Waals surface area contributed by atoms with Gasteiger partial charge in [0.25, 0.3) is 0 Å². The molecule has 8 nitrogen and oxygen atoms in total.